The molecule has 2 unspecified atom stereocenters. The highest BCUT2D eigenvalue weighted by Crippen LogP contribution is 2.28. The summed E-state index contributed by atoms with van der Waals surface area (Å²) in [6.07, 6.45) is 5.28. The summed E-state index contributed by atoms with van der Waals surface area (Å²) in [5, 5.41) is 3.57. The van der Waals surface area contributed by atoms with E-state index in [1.165, 1.54) is 0 Å². The molecule has 0 heterocycles. The van der Waals surface area contributed by atoms with Gasteiger partial charge in [0, 0.05) is 23.9 Å². The molecule has 1 fully saturated rings. The van der Waals surface area contributed by atoms with Crippen LogP contribution < -0.4 is 10.0 Å². The molecule has 102 valence electrons. The van der Waals surface area contributed by atoms with Gasteiger partial charge in [0.2, 0.25) is 10.0 Å². The van der Waals surface area contributed by atoms with Gasteiger partial charge in [-0.15, -0.1) is 0 Å². The molecule has 0 aromatic carbocycles. The van der Waals surface area contributed by atoms with Crippen molar-refractivity contribution in [2.45, 2.75) is 50.4 Å². The number of thioether (sulfide) groups is 1. The summed E-state index contributed by atoms with van der Waals surface area (Å²) in [4.78, 5) is 0. The van der Waals surface area contributed by atoms with E-state index in [-0.39, 0.29) is 11.8 Å². The number of hydrogen-bond acceptors (Lipinski definition) is 4. The van der Waals surface area contributed by atoms with Crippen LogP contribution in [0.25, 0.3) is 0 Å². The van der Waals surface area contributed by atoms with E-state index in [1.807, 2.05) is 13.8 Å². The monoisotopic (exact) mass is 280 g/mol. The predicted molar refractivity (Wildman–Crippen MR) is 75.0 cm³/mol. The van der Waals surface area contributed by atoms with Crippen LogP contribution in [0.1, 0.15) is 33.1 Å². The summed E-state index contributed by atoms with van der Waals surface area (Å²) in [5.74, 6) is 0.169. The van der Waals surface area contributed by atoms with Gasteiger partial charge >= 0.3 is 0 Å². The Morgan fingerprint density at radius 2 is 2.06 bits per heavy atom. The minimum absolute atomic E-state index is 0.133. The van der Waals surface area contributed by atoms with Crippen LogP contribution in [-0.2, 0) is 10.0 Å². The molecule has 1 aliphatic rings. The van der Waals surface area contributed by atoms with Crippen molar-refractivity contribution in [1.82, 2.24) is 10.0 Å². The van der Waals surface area contributed by atoms with Gasteiger partial charge in [0.15, 0.2) is 0 Å². The fraction of sp³-hybridized carbons (Fsp3) is 1.00. The second-order valence-corrected chi connectivity index (χ2v) is 7.81. The van der Waals surface area contributed by atoms with E-state index < -0.39 is 10.0 Å². The summed E-state index contributed by atoms with van der Waals surface area (Å²) < 4.78 is 26.6. The molecule has 17 heavy (non-hydrogen) atoms. The van der Waals surface area contributed by atoms with Crippen molar-refractivity contribution in [3.05, 3.63) is 0 Å². The van der Waals surface area contributed by atoms with Crippen LogP contribution in [0, 0.1) is 0 Å². The van der Waals surface area contributed by atoms with Gasteiger partial charge in [-0.05, 0) is 19.1 Å². The van der Waals surface area contributed by atoms with E-state index in [9.17, 15) is 8.42 Å². The molecule has 6 heteroatoms. The lowest BCUT2D eigenvalue weighted by molar-refractivity contribution is 0.546. The molecule has 0 radical (unpaired) electrons. The third-order valence-electron chi connectivity index (χ3n) is 3.01. The third-order valence-corrected chi connectivity index (χ3v) is 5.58. The van der Waals surface area contributed by atoms with E-state index in [1.54, 1.807) is 11.8 Å². The Balaban J connectivity index is 2.38. The van der Waals surface area contributed by atoms with Crippen LogP contribution in [0.2, 0.25) is 0 Å². The van der Waals surface area contributed by atoms with Gasteiger partial charge in [-0.1, -0.05) is 20.3 Å². The molecule has 0 aromatic rings. The van der Waals surface area contributed by atoms with Gasteiger partial charge in [-0.3, -0.25) is 0 Å². The molecule has 0 aliphatic heterocycles. The molecule has 0 saturated heterocycles. The molecule has 0 spiro atoms. The Hall–Kier alpha value is 0.220. The summed E-state index contributed by atoms with van der Waals surface area (Å²) in [7, 11) is -3.13. The molecule has 2 N–H and O–H groups in total. The zero-order valence-electron chi connectivity index (χ0n) is 10.9. The van der Waals surface area contributed by atoms with E-state index >= 15 is 0 Å². The topological polar surface area (TPSA) is 58.2 Å². The Morgan fingerprint density at radius 3 is 2.65 bits per heavy atom. The molecule has 4 nitrogen and oxygen atoms in total. The van der Waals surface area contributed by atoms with Gasteiger partial charge in [0.1, 0.15) is 0 Å². The highest BCUT2D eigenvalue weighted by Gasteiger charge is 2.29. The zero-order valence-corrected chi connectivity index (χ0v) is 12.5. The number of rotatable bonds is 7. The molecule has 1 aliphatic carbocycles. The first-order valence-electron chi connectivity index (χ1n) is 6.21. The molecular weight excluding hydrogens is 256 g/mol. The van der Waals surface area contributed by atoms with Crippen LogP contribution >= 0.6 is 11.8 Å². The van der Waals surface area contributed by atoms with Gasteiger partial charge in [-0.25, -0.2) is 13.1 Å². The Bertz CT molecular complexity index is 317. The van der Waals surface area contributed by atoms with Crippen LogP contribution in [-0.4, -0.2) is 44.3 Å². The van der Waals surface area contributed by atoms with Crippen LogP contribution in [0.4, 0.5) is 0 Å². The van der Waals surface area contributed by atoms with Crippen LogP contribution in [0.3, 0.4) is 0 Å². The lowest BCUT2D eigenvalue weighted by Gasteiger charge is -2.19. The van der Waals surface area contributed by atoms with Crippen molar-refractivity contribution >= 4 is 21.8 Å². The summed E-state index contributed by atoms with van der Waals surface area (Å²) in [6, 6.07) is 0.463. The van der Waals surface area contributed by atoms with E-state index in [4.69, 9.17) is 0 Å². The quantitative estimate of drug-likeness (QED) is 0.735. The van der Waals surface area contributed by atoms with Crippen LogP contribution in [0.15, 0.2) is 0 Å². The molecular formula is C11H24N2O2S2. The summed E-state index contributed by atoms with van der Waals surface area (Å²) >= 11 is 1.77. The summed E-state index contributed by atoms with van der Waals surface area (Å²) in [6.45, 7) is 4.55. The Morgan fingerprint density at radius 1 is 1.35 bits per heavy atom. The molecule has 2 atom stereocenters. The van der Waals surface area contributed by atoms with Gasteiger partial charge < -0.3 is 5.32 Å². The van der Waals surface area contributed by atoms with Crippen molar-refractivity contribution in [1.29, 1.82) is 0 Å². The van der Waals surface area contributed by atoms with E-state index in [0.29, 0.717) is 17.8 Å². The number of nitrogens with one attached hydrogen (secondary N) is 2. The predicted octanol–water partition coefficient (Wildman–Crippen LogP) is 1.19. The largest absolute Gasteiger partial charge is 0.313 e. The average molecular weight is 280 g/mol. The molecule has 1 saturated carbocycles. The fourth-order valence-corrected chi connectivity index (χ4v) is 4.38. The molecule has 1 rings (SSSR count). The van der Waals surface area contributed by atoms with Crippen molar-refractivity contribution in [3.8, 4) is 0 Å². The lowest BCUT2D eigenvalue weighted by Crippen LogP contribution is -2.42. The van der Waals surface area contributed by atoms with Crippen molar-refractivity contribution in [2.24, 2.45) is 0 Å². The first-order chi connectivity index (χ1) is 7.94. The minimum atomic E-state index is -3.13. The Labute approximate surface area is 109 Å². The van der Waals surface area contributed by atoms with Crippen molar-refractivity contribution in [3.63, 3.8) is 0 Å². The SMILES string of the molecule is CSC1CCCC1NS(=O)(=O)CCNC(C)C. The summed E-state index contributed by atoms with van der Waals surface area (Å²) in [5.41, 5.74) is 0. The van der Waals surface area contributed by atoms with Gasteiger partial charge in [-0.2, -0.15) is 11.8 Å². The fourth-order valence-electron chi connectivity index (χ4n) is 2.11. The van der Waals surface area contributed by atoms with Gasteiger partial charge in [0.05, 0.1) is 5.75 Å². The second-order valence-electron chi connectivity index (χ2n) is 4.86. The lowest BCUT2D eigenvalue weighted by atomic mass is 10.3. The minimum Gasteiger partial charge on any atom is -0.313 e. The number of sulfonamides is 1. The normalized spacial score (nSPS) is 25.6. The maximum Gasteiger partial charge on any atom is 0.213 e. The highest BCUT2D eigenvalue weighted by molar-refractivity contribution is 7.99. The molecule has 0 aromatic heterocycles. The van der Waals surface area contributed by atoms with E-state index in [2.05, 4.69) is 16.3 Å². The van der Waals surface area contributed by atoms with Crippen molar-refractivity contribution in [2.75, 3.05) is 18.6 Å². The third kappa shape index (κ3) is 5.59. The maximum absolute atomic E-state index is 11.9. The Kier molecular flexibility index (Phi) is 6.26. The molecule has 0 amide bonds. The smallest absolute Gasteiger partial charge is 0.213 e. The first-order valence-corrected chi connectivity index (χ1v) is 9.15. The van der Waals surface area contributed by atoms with Gasteiger partial charge in [0.25, 0.3) is 0 Å². The maximum atomic E-state index is 11.9. The second kappa shape index (κ2) is 6.97. The molecule has 0 bridgehead atoms. The first kappa shape index (κ1) is 15.3. The highest BCUT2D eigenvalue weighted by atomic mass is 32.2. The standard InChI is InChI=1S/C11H24N2O2S2/c1-9(2)12-7-8-17(14,15)13-10-5-4-6-11(10)16-3/h9-13H,4-8H2,1-3H3. The van der Waals surface area contributed by atoms with Crippen molar-refractivity contribution < 1.29 is 8.42 Å². The average Bonchev–Trinajstić information content (AvgIpc) is 2.63. The zero-order chi connectivity index (χ0) is 12.9. The number of hydrogen-bond donors (Lipinski definition) is 2. The van der Waals surface area contributed by atoms with Crippen LogP contribution in [0.5, 0.6) is 0 Å². The van der Waals surface area contributed by atoms with E-state index in [0.717, 1.165) is 19.3 Å².